The molecular formula is C23H21N3O3. The molecule has 3 heterocycles. The molecule has 0 bridgehead atoms. The SMILES string of the molecule is COc1ccc(C2=CC3c4ccccc4OC(c4ccncc4)N3N2)cc1OC. The standard InChI is InChI=1S/C23H21N3O3/c1-27-21-8-7-16(13-22(21)28-2)18-14-19-17-5-3-4-6-20(17)29-23(26(19)25-18)15-9-11-24-12-10-15/h3-14,19,23,25H,1-2H3. The summed E-state index contributed by atoms with van der Waals surface area (Å²) < 4.78 is 17.2. The Balaban J connectivity index is 1.56. The summed E-state index contributed by atoms with van der Waals surface area (Å²) in [7, 11) is 3.28. The number of pyridine rings is 1. The number of nitrogens with zero attached hydrogens (tertiary/aromatic N) is 2. The minimum Gasteiger partial charge on any atom is -0.493 e. The average Bonchev–Trinajstić information content (AvgIpc) is 3.24. The van der Waals surface area contributed by atoms with E-state index in [1.807, 2.05) is 48.5 Å². The second kappa shape index (κ2) is 7.14. The number of hydrazine groups is 1. The predicted molar refractivity (Wildman–Crippen MR) is 109 cm³/mol. The lowest BCUT2D eigenvalue weighted by molar-refractivity contribution is -0.0326. The monoisotopic (exact) mass is 387 g/mol. The number of benzene rings is 2. The molecule has 6 heteroatoms. The Morgan fingerprint density at radius 3 is 2.55 bits per heavy atom. The molecule has 0 radical (unpaired) electrons. The van der Waals surface area contributed by atoms with Gasteiger partial charge in [0.15, 0.2) is 17.7 Å². The van der Waals surface area contributed by atoms with Crippen molar-refractivity contribution in [3.05, 3.63) is 89.8 Å². The number of para-hydroxylation sites is 1. The summed E-state index contributed by atoms with van der Waals surface area (Å²) in [6, 6.07) is 18.1. The highest BCUT2D eigenvalue weighted by atomic mass is 16.5. The van der Waals surface area contributed by atoms with E-state index in [0.29, 0.717) is 11.5 Å². The third-order valence-electron chi connectivity index (χ3n) is 5.29. The zero-order chi connectivity index (χ0) is 19.8. The van der Waals surface area contributed by atoms with Crippen molar-refractivity contribution in [1.29, 1.82) is 0 Å². The molecule has 6 nitrogen and oxygen atoms in total. The highest BCUT2D eigenvalue weighted by Crippen LogP contribution is 2.46. The Hall–Kier alpha value is -3.51. The van der Waals surface area contributed by atoms with Crippen molar-refractivity contribution in [2.75, 3.05) is 14.2 Å². The third kappa shape index (κ3) is 2.98. The second-order valence-corrected chi connectivity index (χ2v) is 6.90. The highest BCUT2D eigenvalue weighted by Gasteiger charge is 2.40. The number of ether oxygens (including phenoxy) is 3. The Morgan fingerprint density at radius 2 is 1.76 bits per heavy atom. The Kier molecular flexibility index (Phi) is 4.33. The van der Waals surface area contributed by atoms with Crippen LogP contribution in [0.1, 0.15) is 29.0 Å². The first-order valence-electron chi connectivity index (χ1n) is 9.43. The van der Waals surface area contributed by atoms with E-state index >= 15 is 0 Å². The van der Waals surface area contributed by atoms with E-state index in [4.69, 9.17) is 14.2 Å². The highest BCUT2D eigenvalue weighted by molar-refractivity contribution is 5.69. The predicted octanol–water partition coefficient (Wildman–Crippen LogP) is 4.09. The van der Waals surface area contributed by atoms with Gasteiger partial charge in [0, 0.05) is 29.1 Å². The van der Waals surface area contributed by atoms with E-state index in [0.717, 1.165) is 28.1 Å². The summed E-state index contributed by atoms with van der Waals surface area (Å²) in [6.07, 6.45) is 5.52. The summed E-state index contributed by atoms with van der Waals surface area (Å²) in [5.74, 6) is 2.29. The molecule has 0 fully saturated rings. The molecule has 3 aromatic rings. The molecule has 0 amide bonds. The molecule has 1 aromatic heterocycles. The first kappa shape index (κ1) is 17.6. The maximum Gasteiger partial charge on any atom is 0.196 e. The molecule has 29 heavy (non-hydrogen) atoms. The van der Waals surface area contributed by atoms with Gasteiger partial charge in [-0.25, -0.2) is 0 Å². The Bertz CT molecular complexity index is 1070. The molecular weight excluding hydrogens is 366 g/mol. The number of hydrogen-bond acceptors (Lipinski definition) is 6. The van der Waals surface area contributed by atoms with Gasteiger partial charge in [0.2, 0.25) is 0 Å². The van der Waals surface area contributed by atoms with Crippen LogP contribution < -0.4 is 19.6 Å². The van der Waals surface area contributed by atoms with Crippen molar-refractivity contribution in [2.45, 2.75) is 12.3 Å². The minimum atomic E-state index is -0.271. The van der Waals surface area contributed by atoms with Gasteiger partial charge in [-0.3, -0.25) is 4.98 Å². The lowest BCUT2D eigenvalue weighted by Gasteiger charge is -2.38. The summed E-state index contributed by atoms with van der Waals surface area (Å²) >= 11 is 0. The fourth-order valence-corrected chi connectivity index (χ4v) is 3.86. The van der Waals surface area contributed by atoms with Gasteiger partial charge in [0.1, 0.15) is 5.75 Å². The molecule has 0 saturated carbocycles. The Labute approximate surface area is 169 Å². The smallest absolute Gasteiger partial charge is 0.196 e. The lowest BCUT2D eigenvalue weighted by Crippen LogP contribution is -2.43. The Morgan fingerprint density at radius 1 is 0.966 bits per heavy atom. The number of nitrogens with one attached hydrogen (secondary N) is 1. The van der Waals surface area contributed by atoms with E-state index in [-0.39, 0.29) is 12.3 Å². The summed E-state index contributed by atoms with van der Waals surface area (Å²) in [4.78, 5) is 4.13. The van der Waals surface area contributed by atoms with Crippen LogP contribution in [0, 0.1) is 0 Å². The number of fused-ring (bicyclic) bond motifs is 3. The normalized spacial score (nSPS) is 20.0. The van der Waals surface area contributed by atoms with Crippen molar-refractivity contribution in [1.82, 2.24) is 15.4 Å². The van der Waals surface area contributed by atoms with Gasteiger partial charge >= 0.3 is 0 Å². The van der Waals surface area contributed by atoms with Crippen molar-refractivity contribution in [3.8, 4) is 17.2 Å². The topological polar surface area (TPSA) is 55.9 Å². The fraction of sp³-hybridized carbons (Fsp3) is 0.174. The van der Waals surface area contributed by atoms with Crippen LogP contribution in [0.2, 0.25) is 0 Å². The molecule has 0 saturated heterocycles. The molecule has 5 rings (SSSR count). The van der Waals surface area contributed by atoms with E-state index in [1.165, 1.54) is 0 Å². The maximum absolute atomic E-state index is 6.36. The summed E-state index contributed by atoms with van der Waals surface area (Å²) in [5, 5.41) is 2.13. The van der Waals surface area contributed by atoms with Gasteiger partial charge in [-0.2, -0.15) is 5.01 Å². The summed E-state index contributed by atoms with van der Waals surface area (Å²) in [6.45, 7) is 0. The van der Waals surface area contributed by atoms with Gasteiger partial charge in [-0.05, 0) is 42.5 Å². The van der Waals surface area contributed by atoms with Crippen molar-refractivity contribution >= 4 is 5.70 Å². The van der Waals surface area contributed by atoms with Gasteiger partial charge in [0.25, 0.3) is 0 Å². The molecule has 2 aliphatic heterocycles. The molecule has 1 N–H and O–H groups in total. The molecule has 2 aromatic carbocycles. The van der Waals surface area contributed by atoms with Crippen LogP contribution >= 0.6 is 0 Å². The minimum absolute atomic E-state index is 0.0428. The van der Waals surface area contributed by atoms with Crippen LogP contribution in [-0.4, -0.2) is 24.2 Å². The van der Waals surface area contributed by atoms with Crippen molar-refractivity contribution < 1.29 is 14.2 Å². The van der Waals surface area contributed by atoms with Gasteiger partial charge in [-0.15, -0.1) is 0 Å². The third-order valence-corrected chi connectivity index (χ3v) is 5.29. The lowest BCUT2D eigenvalue weighted by atomic mass is 10.0. The zero-order valence-electron chi connectivity index (χ0n) is 16.2. The second-order valence-electron chi connectivity index (χ2n) is 6.90. The number of aromatic nitrogens is 1. The first-order valence-corrected chi connectivity index (χ1v) is 9.43. The van der Waals surface area contributed by atoms with E-state index < -0.39 is 0 Å². The fourth-order valence-electron chi connectivity index (χ4n) is 3.86. The van der Waals surface area contributed by atoms with Gasteiger partial charge in [0.05, 0.1) is 26.0 Å². The number of methoxy groups -OCH3 is 2. The van der Waals surface area contributed by atoms with Crippen LogP contribution in [-0.2, 0) is 0 Å². The average molecular weight is 387 g/mol. The maximum atomic E-state index is 6.36. The van der Waals surface area contributed by atoms with Gasteiger partial charge < -0.3 is 19.6 Å². The molecule has 146 valence electrons. The molecule has 2 atom stereocenters. The van der Waals surface area contributed by atoms with Gasteiger partial charge in [-0.1, -0.05) is 18.2 Å². The van der Waals surface area contributed by atoms with E-state index in [1.54, 1.807) is 26.6 Å². The van der Waals surface area contributed by atoms with Crippen LogP contribution in [0.15, 0.2) is 73.1 Å². The number of rotatable bonds is 4. The molecule has 0 spiro atoms. The van der Waals surface area contributed by atoms with Crippen molar-refractivity contribution in [2.24, 2.45) is 0 Å². The molecule has 0 aliphatic carbocycles. The van der Waals surface area contributed by atoms with Crippen LogP contribution in [0.25, 0.3) is 5.70 Å². The quantitative estimate of drug-likeness (QED) is 0.728. The van der Waals surface area contributed by atoms with Crippen LogP contribution in [0.5, 0.6) is 17.2 Å². The first-order chi connectivity index (χ1) is 14.3. The van der Waals surface area contributed by atoms with Crippen LogP contribution in [0.3, 0.4) is 0 Å². The van der Waals surface area contributed by atoms with Crippen LogP contribution in [0.4, 0.5) is 0 Å². The zero-order valence-corrected chi connectivity index (χ0v) is 16.2. The van der Waals surface area contributed by atoms with Crippen molar-refractivity contribution in [3.63, 3.8) is 0 Å². The molecule has 2 aliphatic rings. The largest absolute Gasteiger partial charge is 0.493 e. The summed E-state index contributed by atoms with van der Waals surface area (Å²) in [5.41, 5.74) is 7.71. The molecule has 2 unspecified atom stereocenters. The number of hydrogen-bond donors (Lipinski definition) is 1. The van der Waals surface area contributed by atoms with E-state index in [9.17, 15) is 0 Å². The van der Waals surface area contributed by atoms with E-state index in [2.05, 4.69) is 27.6 Å².